The summed E-state index contributed by atoms with van der Waals surface area (Å²) in [5.74, 6) is 0.0662. The van der Waals surface area contributed by atoms with E-state index in [2.05, 4.69) is 47.6 Å². The molecule has 1 atom stereocenters. The number of halogens is 2. The van der Waals surface area contributed by atoms with Crippen LogP contribution in [0.3, 0.4) is 0 Å². The number of pyridine rings is 1. The predicted molar refractivity (Wildman–Crippen MR) is 152 cm³/mol. The number of aromatic nitrogens is 3. The van der Waals surface area contributed by atoms with Crippen molar-refractivity contribution < 1.29 is 14.4 Å². The Morgan fingerprint density at radius 1 is 1.05 bits per heavy atom. The molecule has 3 aliphatic heterocycles. The van der Waals surface area contributed by atoms with Crippen LogP contribution < -0.4 is 26.6 Å². The molecule has 214 valence electrons. The molecule has 5 rings (SSSR count). The Kier molecular flexibility index (Phi) is 8.43. The van der Waals surface area contributed by atoms with Gasteiger partial charge >= 0.3 is 6.03 Å². The average molecular weight is 592 g/mol. The fourth-order valence-corrected chi connectivity index (χ4v) is 5.95. The van der Waals surface area contributed by atoms with E-state index >= 15 is 0 Å². The number of fused-ring (bicyclic) bond motifs is 1. The molecule has 0 aliphatic carbocycles. The lowest BCUT2D eigenvalue weighted by atomic mass is 9.97. The van der Waals surface area contributed by atoms with Crippen LogP contribution in [0.25, 0.3) is 0 Å². The third kappa shape index (κ3) is 5.86. The van der Waals surface area contributed by atoms with Crippen LogP contribution in [-0.4, -0.2) is 100 Å². The van der Waals surface area contributed by atoms with Gasteiger partial charge in [-0.25, -0.2) is 19.7 Å². The van der Waals surface area contributed by atoms with Crippen LogP contribution in [0, 0.1) is 0 Å². The molecule has 5 N–H and O–H groups in total. The number of anilines is 3. The van der Waals surface area contributed by atoms with E-state index in [9.17, 15) is 14.4 Å². The van der Waals surface area contributed by atoms with Crippen molar-refractivity contribution in [1.82, 2.24) is 35.4 Å². The molecule has 2 aromatic rings. The molecule has 0 aromatic carbocycles. The van der Waals surface area contributed by atoms with Gasteiger partial charge in [0.1, 0.15) is 11.0 Å². The van der Waals surface area contributed by atoms with Crippen molar-refractivity contribution in [2.75, 3.05) is 61.8 Å². The van der Waals surface area contributed by atoms with Crippen LogP contribution in [0.2, 0.25) is 10.3 Å². The van der Waals surface area contributed by atoms with Crippen LogP contribution in [0.4, 0.5) is 22.2 Å². The van der Waals surface area contributed by atoms with Gasteiger partial charge in [0.2, 0.25) is 0 Å². The molecule has 0 bridgehead atoms. The maximum Gasteiger partial charge on any atom is 0.320 e. The standard InChI is InChI=1S/C25H32Cl2N10O3/c1-2-14-13-36(22-19(27)32-18-21(33-22)34-25(40)30-8-7-29-23(18)38)11-12-37(14)15-5-9-35(10-6-15)24(39)16-3-4-17(26)31-20(16)28/h3-4,14-15H,2,5-13H2,1H3,(H2,28,31)(H,29,38)(H2,30,33,34,40)/t14-/m0/s1. The average Bonchev–Trinajstić information content (AvgIpc) is 3.01. The van der Waals surface area contributed by atoms with E-state index in [-0.39, 0.29) is 52.7 Å². The molecular weight excluding hydrogens is 559 g/mol. The number of hydrogen-bond acceptors (Lipinski definition) is 9. The van der Waals surface area contributed by atoms with Crippen LogP contribution in [0.5, 0.6) is 0 Å². The number of amides is 4. The molecule has 2 saturated heterocycles. The summed E-state index contributed by atoms with van der Waals surface area (Å²) >= 11 is 12.4. The van der Waals surface area contributed by atoms with Gasteiger partial charge in [-0.05, 0) is 31.4 Å². The summed E-state index contributed by atoms with van der Waals surface area (Å²) in [5, 5.41) is 8.35. The lowest BCUT2D eigenvalue weighted by Crippen LogP contribution is -2.58. The zero-order valence-electron chi connectivity index (χ0n) is 22.1. The van der Waals surface area contributed by atoms with Crippen LogP contribution in [-0.2, 0) is 0 Å². The summed E-state index contributed by atoms with van der Waals surface area (Å²) in [5.41, 5.74) is 6.29. The number of nitrogen functional groups attached to an aromatic ring is 1. The molecule has 5 heterocycles. The molecule has 4 amide bonds. The van der Waals surface area contributed by atoms with Crippen molar-refractivity contribution in [2.24, 2.45) is 0 Å². The third-order valence-corrected chi connectivity index (χ3v) is 8.08. The van der Waals surface area contributed by atoms with E-state index in [0.29, 0.717) is 43.6 Å². The van der Waals surface area contributed by atoms with Gasteiger partial charge in [-0.2, -0.15) is 0 Å². The Morgan fingerprint density at radius 3 is 2.52 bits per heavy atom. The van der Waals surface area contributed by atoms with Crippen molar-refractivity contribution in [3.05, 3.63) is 33.7 Å². The summed E-state index contributed by atoms with van der Waals surface area (Å²) in [4.78, 5) is 57.0. The van der Waals surface area contributed by atoms with Gasteiger partial charge in [-0.15, -0.1) is 0 Å². The van der Waals surface area contributed by atoms with Crippen molar-refractivity contribution in [3.8, 4) is 0 Å². The molecule has 0 spiro atoms. The molecule has 3 aliphatic rings. The maximum absolute atomic E-state index is 13.0. The zero-order valence-corrected chi connectivity index (χ0v) is 23.6. The van der Waals surface area contributed by atoms with Crippen molar-refractivity contribution >= 4 is 58.5 Å². The largest absolute Gasteiger partial charge is 0.383 e. The summed E-state index contributed by atoms with van der Waals surface area (Å²) in [6.45, 7) is 6.03. The molecule has 2 fully saturated rings. The normalized spacial score (nSPS) is 20.9. The van der Waals surface area contributed by atoms with Crippen molar-refractivity contribution in [3.63, 3.8) is 0 Å². The predicted octanol–water partition coefficient (Wildman–Crippen LogP) is 1.83. The number of nitrogens with two attached hydrogens (primary N) is 1. The summed E-state index contributed by atoms with van der Waals surface area (Å²) in [7, 11) is 0. The van der Waals surface area contributed by atoms with Gasteiger partial charge in [0.25, 0.3) is 11.8 Å². The quantitative estimate of drug-likeness (QED) is 0.389. The van der Waals surface area contributed by atoms with E-state index in [1.165, 1.54) is 0 Å². The first-order chi connectivity index (χ1) is 19.2. The van der Waals surface area contributed by atoms with Gasteiger partial charge in [-0.3, -0.25) is 19.8 Å². The van der Waals surface area contributed by atoms with Crippen LogP contribution >= 0.6 is 23.2 Å². The zero-order chi connectivity index (χ0) is 28.4. The van der Waals surface area contributed by atoms with Crippen molar-refractivity contribution in [2.45, 2.75) is 38.3 Å². The SMILES string of the molecule is CC[C@H]1CN(c2nc3c(nc2Cl)C(=O)NCCNC(=O)N3)CCN1C1CCN(C(=O)c2ccc(Cl)nc2N)CC1. The Balaban J connectivity index is 1.25. The van der Waals surface area contributed by atoms with E-state index in [4.69, 9.17) is 28.9 Å². The molecule has 0 radical (unpaired) electrons. The highest BCUT2D eigenvalue weighted by molar-refractivity contribution is 6.32. The van der Waals surface area contributed by atoms with E-state index < -0.39 is 11.9 Å². The fourth-order valence-electron chi connectivity index (χ4n) is 5.55. The molecular formula is C25H32Cl2N10O3. The number of carbonyl (C=O) groups is 3. The smallest absolute Gasteiger partial charge is 0.320 e. The number of nitrogens with one attached hydrogen (secondary N) is 3. The lowest BCUT2D eigenvalue weighted by molar-refractivity contribution is 0.0491. The molecule has 0 unspecified atom stereocenters. The number of hydrogen-bond donors (Lipinski definition) is 4. The second-order valence-corrected chi connectivity index (χ2v) is 10.8. The number of carbonyl (C=O) groups excluding carboxylic acids is 3. The molecule has 40 heavy (non-hydrogen) atoms. The summed E-state index contributed by atoms with van der Waals surface area (Å²) < 4.78 is 0. The van der Waals surface area contributed by atoms with Crippen LogP contribution in [0.15, 0.2) is 12.1 Å². The highest BCUT2D eigenvalue weighted by Crippen LogP contribution is 2.31. The number of nitrogens with zero attached hydrogens (tertiary/aromatic N) is 6. The number of piperidine rings is 1. The minimum absolute atomic E-state index is 0.0195. The summed E-state index contributed by atoms with van der Waals surface area (Å²) in [6, 6.07) is 3.29. The Labute approximate surface area is 241 Å². The Bertz CT molecular complexity index is 1300. The van der Waals surface area contributed by atoms with Gasteiger partial charge in [0.05, 0.1) is 5.56 Å². The minimum Gasteiger partial charge on any atom is -0.383 e. The van der Waals surface area contributed by atoms with Crippen LogP contribution in [0.1, 0.15) is 47.0 Å². The molecule has 2 aromatic heterocycles. The van der Waals surface area contributed by atoms with Gasteiger partial charge in [-0.1, -0.05) is 30.1 Å². The molecule has 15 heteroatoms. The van der Waals surface area contributed by atoms with Gasteiger partial charge in [0.15, 0.2) is 22.5 Å². The third-order valence-electron chi connectivity index (χ3n) is 7.62. The topological polar surface area (TPSA) is 162 Å². The number of likely N-dealkylation sites (tertiary alicyclic amines) is 1. The monoisotopic (exact) mass is 590 g/mol. The fraction of sp³-hybridized carbons (Fsp3) is 0.520. The van der Waals surface area contributed by atoms with E-state index in [1.54, 1.807) is 12.1 Å². The number of urea groups is 1. The highest BCUT2D eigenvalue weighted by Gasteiger charge is 2.36. The second kappa shape index (κ2) is 12.0. The lowest BCUT2D eigenvalue weighted by Gasteiger charge is -2.47. The van der Waals surface area contributed by atoms with Crippen molar-refractivity contribution in [1.29, 1.82) is 0 Å². The Morgan fingerprint density at radius 2 is 1.80 bits per heavy atom. The second-order valence-electron chi connectivity index (χ2n) is 10.0. The Hall–Kier alpha value is -3.42. The first kappa shape index (κ1) is 28.1. The number of rotatable bonds is 4. The van der Waals surface area contributed by atoms with E-state index in [1.807, 2.05) is 4.90 Å². The molecule has 13 nitrogen and oxygen atoms in total. The highest BCUT2D eigenvalue weighted by atomic mass is 35.5. The maximum atomic E-state index is 13.0. The van der Waals surface area contributed by atoms with Gasteiger partial charge in [0, 0.05) is 57.9 Å². The minimum atomic E-state index is -0.462. The first-order valence-electron chi connectivity index (χ1n) is 13.4. The van der Waals surface area contributed by atoms with Gasteiger partial charge < -0.3 is 26.2 Å². The summed E-state index contributed by atoms with van der Waals surface area (Å²) in [6.07, 6.45) is 2.59. The molecule has 0 saturated carbocycles. The first-order valence-corrected chi connectivity index (χ1v) is 14.1. The number of piperazine rings is 1. The van der Waals surface area contributed by atoms with E-state index in [0.717, 1.165) is 25.8 Å².